The Kier molecular flexibility index (Phi) is 7.58. The van der Waals surface area contributed by atoms with E-state index in [0.717, 1.165) is 36.6 Å². The van der Waals surface area contributed by atoms with E-state index in [2.05, 4.69) is 24.4 Å². The third-order valence-electron chi connectivity index (χ3n) is 7.51. The maximum absolute atomic E-state index is 13.9. The summed E-state index contributed by atoms with van der Waals surface area (Å²) < 4.78 is 1.76. The lowest BCUT2D eigenvalue weighted by Gasteiger charge is -2.35. The van der Waals surface area contributed by atoms with Crippen molar-refractivity contribution in [2.24, 2.45) is 0 Å². The number of hydrogen-bond donors (Lipinski definition) is 2. The highest BCUT2D eigenvalue weighted by atomic mass is 32.1. The van der Waals surface area contributed by atoms with Crippen molar-refractivity contribution in [2.45, 2.75) is 56.2 Å². The number of fused-ring (bicyclic) bond motifs is 1. The van der Waals surface area contributed by atoms with Crippen molar-refractivity contribution in [1.29, 1.82) is 0 Å². The van der Waals surface area contributed by atoms with Crippen molar-refractivity contribution in [3.05, 3.63) is 93.7 Å². The Morgan fingerprint density at radius 2 is 1.81 bits per heavy atom. The Labute approximate surface area is 218 Å². The van der Waals surface area contributed by atoms with Crippen LogP contribution in [0, 0.1) is 0 Å². The van der Waals surface area contributed by atoms with E-state index in [1.807, 2.05) is 48.5 Å². The number of rotatable bonds is 8. The molecular formula is C29H34N4O2S. The molecule has 1 fully saturated rings. The largest absolute Gasteiger partial charge is 0.326 e. The second-order valence-corrected chi connectivity index (χ2v) is 10.4. The standard InChI is InChI=1S/C29H34N4O2S/c1-20(21-9-4-2-5-10-21)19-30-17-15-25(34)32-18-16-24-26(29(32)36)28(35)33(23-13-6-3-7-14-23)27(31-24)22-11-8-12-22/h2-7,9-10,13-14,20,22,29-30,36H,8,11-12,15-19H2,1H3/t20-,29?/m1/s1. The maximum atomic E-state index is 13.9. The average Bonchev–Trinajstić information content (AvgIpc) is 2.86. The van der Waals surface area contributed by atoms with Gasteiger partial charge in [-0.05, 0) is 36.5 Å². The Balaban J connectivity index is 1.30. The van der Waals surface area contributed by atoms with E-state index in [-0.39, 0.29) is 11.5 Å². The van der Waals surface area contributed by atoms with Crippen LogP contribution < -0.4 is 10.9 Å². The van der Waals surface area contributed by atoms with Crippen LogP contribution in [0.2, 0.25) is 0 Å². The molecule has 1 aromatic heterocycles. The van der Waals surface area contributed by atoms with Crippen molar-refractivity contribution in [3.63, 3.8) is 0 Å². The summed E-state index contributed by atoms with van der Waals surface area (Å²) in [4.78, 5) is 33.7. The van der Waals surface area contributed by atoms with Crippen molar-refractivity contribution in [3.8, 4) is 5.69 Å². The highest BCUT2D eigenvalue weighted by molar-refractivity contribution is 7.80. The topological polar surface area (TPSA) is 67.2 Å². The molecule has 3 aromatic rings. The lowest BCUT2D eigenvalue weighted by molar-refractivity contribution is -0.132. The van der Waals surface area contributed by atoms with E-state index in [1.165, 1.54) is 12.0 Å². The number of nitrogens with one attached hydrogen (secondary N) is 1. The SMILES string of the molecule is C[C@H](CNCCC(=O)N1CCc2nc(C3CCC3)n(-c3ccccc3)c(=O)c2C1S)c1ccccc1. The minimum Gasteiger partial charge on any atom is -0.326 e. The molecule has 2 aromatic carbocycles. The molecule has 0 radical (unpaired) electrons. The molecule has 1 N–H and O–H groups in total. The minimum atomic E-state index is -0.588. The van der Waals surface area contributed by atoms with Gasteiger partial charge < -0.3 is 10.2 Å². The van der Waals surface area contributed by atoms with Crippen LogP contribution in [0.1, 0.15) is 72.5 Å². The van der Waals surface area contributed by atoms with Gasteiger partial charge in [0.2, 0.25) is 5.91 Å². The van der Waals surface area contributed by atoms with Gasteiger partial charge in [-0.3, -0.25) is 14.2 Å². The van der Waals surface area contributed by atoms with E-state index in [1.54, 1.807) is 9.47 Å². The van der Waals surface area contributed by atoms with Gasteiger partial charge in [0.05, 0.1) is 16.9 Å². The van der Waals surface area contributed by atoms with Crippen LogP contribution in [0.25, 0.3) is 5.69 Å². The number of amides is 1. The van der Waals surface area contributed by atoms with E-state index in [4.69, 9.17) is 17.6 Å². The van der Waals surface area contributed by atoms with Crippen LogP contribution in [0.4, 0.5) is 0 Å². The number of thiol groups is 1. The molecule has 0 saturated heterocycles. The number of aromatic nitrogens is 2. The van der Waals surface area contributed by atoms with Gasteiger partial charge in [-0.1, -0.05) is 61.9 Å². The fraction of sp³-hybridized carbons (Fsp3) is 0.414. The Morgan fingerprint density at radius 3 is 2.47 bits per heavy atom. The highest BCUT2D eigenvalue weighted by Gasteiger charge is 2.35. The molecule has 0 spiro atoms. The zero-order chi connectivity index (χ0) is 25.1. The first kappa shape index (κ1) is 24.8. The molecular weight excluding hydrogens is 468 g/mol. The molecule has 1 aliphatic heterocycles. The van der Waals surface area contributed by atoms with Crippen LogP contribution in [0.15, 0.2) is 65.5 Å². The summed E-state index contributed by atoms with van der Waals surface area (Å²) in [5, 5.41) is 2.82. The van der Waals surface area contributed by atoms with E-state index < -0.39 is 5.37 Å². The van der Waals surface area contributed by atoms with Crippen molar-refractivity contribution in [2.75, 3.05) is 19.6 Å². The molecule has 0 bridgehead atoms. The molecule has 2 heterocycles. The van der Waals surface area contributed by atoms with Gasteiger partial charge in [-0.15, -0.1) is 12.6 Å². The molecule has 5 rings (SSSR count). The number of benzene rings is 2. The van der Waals surface area contributed by atoms with Gasteiger partial charge in [0.15, 0.2) is 0 Å². The average molecular weight is 503 g/mol. The predicted octanol–water partition coefficient (Wildman–Crippen LogP) is 4.60. The molecule has 1 amide bonds. The van der Waals surface area contributed by atoms with E-state index in [9.17, 15) is 9.59 Å². The zero-order valence-electron chi connectivity index (χ0n) is 20.8. The Hall–Kier alpha value is -2.90. The third-order valence-corrected chi connectivity index (χ3v) is 8.04. The predicted molar refractivity (Wildman–Crippen MR) is 146 cm³/mol. The van der Waals surface area contributed by atoms with Gasteiger partial charge in [-0.2, -0.15) is 0 Å². The first-order chi connectivity index (χ1) is 17.5. The third kappa shape index (κ3) is 5.00. The smallest absolute Gasteiger partial charge is 0.264 e. The molecule has 6 nitrogen and oxygen atoms in total. The van der Waals surface area contributed by atoms with Crippen LogP contribution >= 0.6 is 12.6 Å². The summed E-state index contributed by atoms with van der Waals surface area (Å²) in [6.07, 6.45) is 4.24. The first-order valence-electron chi connectivity index (χ1n) is 13.0. The summed E-state index contributed by atoms with van der Waals surface area (Å²) >= 11 is 4.78. The van der Waals surface area contributed by atoms with Gasteiger partial charge in [0, 0.05) is 38.4 Å². The van der Waals surface area contributed by atoms with Gasteiger partial charge >= 0.3 is 0 Å². The second kappa shape index (κ2) is 11.0. The molecule has 1 unspecified atom stereocenters. The maximum Gasteiger partial charge on any atom is 0.264 e. The summed E-state index contributed by atoms with van der Waals surface area (Å²) in [7, 11) is 0. The number of para-hydroxylation sites is 1. The van der Waals surface area contributed by atoms with Crippen LogP contribution in [0.5, 0.6) is 0 Å². The van der Waals surface area contributed by atoms with Crippen molar-refractivity contribution in [1.82, 2.24) is 19.8 Å². The zero-order valence-corrected chi connectivity index (χ0v) is 21.7. The Morgan fingerprint density at radius 1 is 1.11 bits per heavy atom. The summed E-state index contributed by atoms with van der Waals surface area (Å²) in [6.45, 7) is 4.11. The van der Waals surface area contributed by atoms with E-state index in [0.29, 0.717) is 43.3 Å². The van der Waals surface area contributed by atoms with Gasteiger partial charge in [0.25, 0.3) is 5.56 Å². The molecule has 36 heavy (non-hydrogen) atoms. The second-order valence-electron chi connectivity index (χ2n) is 9.91. The monoisotopic (exact) mass is 502 g/mol. The molecule has 1 aliphatic carbocycles. The lowest BCUT2D eigenvalue weighted by atomic mass is 9.84. The van der Waals surface area contributed by atoms with Gasteiger partial charge in [-0.25, -0.2) is 4.98 Å². The molecule has 188 valence electrons. The van der Waals surface area contributed by atoms with Crippen LogP contribution in [-0.2, 0) is 11.2 Å². The van der Waals surface area contributed by atoms with E-state index >= 15 is 0 Å². The molecule has 2 atom stereocenters. The van der Waals surface area contributed by atoms with Gasteiger partial charge in [0.1, 0.15) is 11.2 Å². The van der Waals surface area contributed by atoms with Crippen molar-refractivity contribution >= 4 is 18.5 Å². The number of hydrogen-bond acceptors (Lipinski definition) is 5. The fourth-order valence-electron chi connectivity index (χ4n) is 5.14. The first-order valence-corrected chi connectivity index (χ1v) is 13.5. The molecule has 7 heteroatoms. The fourth-order valence-corrected chi connectivity index (χ4v) is 5.64. The number of carbonyl (C=O) groups excluding carboxylic acids is 1. The minimum absolute atomic E-state index is 0.00856. The lowest BCUT2D eigenvalue weighted by Crippen LogP contribution is -2.44. The number of carbonyl (C=O) groups is 1. The Bertz CT molecular complexity index is 1260. The number of nitrogens with zero attached hydrogens (tertiary/aromatic N) is 3. The highest BCUT2D eigenvalue weighted by Crippen LogP contribution is 2.38. The quantitative estimate of drug-likeness (QED) is 0.349. The summed E-state index contributed by atoms with van der Waals surface area (Å²) in [6, 6.07) is 20.1. The van der Waals surface area contributed by atoms with Crippen LogP contribution in [-0.4, -0.2) is 40.0 Å². The summed E-state index contributed by atoms with van der Waals surface area (Å²) in [5.41, 5.74) is 3.34. The van der Waals surface area contributed by atoms with Crippen LogP contribution in [0.3, 0.4) is 0 Å². The summed E-state index contributed by atoms with van der Waals surface area (Å²) in [5.74, 6) is 1.54. The van der Waals surface area contributed by atoms with Crippen molar-refractivity contribution < 1.29 is 4.79 Å². The molecule has 1 saturated carbocycles. The molecule has 2 aliphatic rings. The normalized spacial score (nSPS) is 18.4.